The van der Waals surface area contributed by atoms with Crippen molar-refractivity contribution >= 4 is 11.8 Å². The van der Waals surface area contributed by atoms with E-state index in [0.29, 0.717) is 6.42 Å². The molecule has 28 heavy (non-hydrogen) atoms. The Labute approximate surface area is 165 Å². The Bertz CT molecular complexity index is 806. The minimum atomic E-state index is -1.02. The van der Waals surface area contributed by atoms with Crippen molar-refractivity contribution in [3.8, 4) is 0 Å². The van der Waals surface area contributed by atoms with E-state index in [0.717, 1.165) is 22.3 Å². The Balaban J connectivity index is 1.97. The Morgan fingerprint density at radius 3 is 2.46 bits per heavy atom. The SMILES string of the molecule is CC(=O)O[C@@]12CO[C@@H]1C[C@H](O)[C@@]1(C)C(=O)CC3=C(C)[C@@H](O)CC(=C(C)C)[C@H]3[C@H]21. The fourth-order valence-corrected chi connectivity index (χ4v) is 6.19. The van der Waals surface area contributed by atoms with Gasteiger partial charge in [-0.1, -0.05) is 16.7 Å². The third kappa shape index (κ3) is 2.37. The van der Waals surface area contributed by atoms with E-state index in [9.17, 15) is 19.8 Å². The van der Waals surface area contributed by atoms with Crippen LogP contribution in [0.25, 0.3) is 0 Å². The highest BCUT2D eigenvalue weighted by Gasteiger charge is 2.73. The molecule has 4 rings (SSSR count). The molecule has 0 aromatic rings. The first kappa shape index (κ1) is 19.8. The highest BCUT2D eigenvalue weighted by molar-refractivity contribution is 5.90. The number of carbonyl (C=O) groups excluding carboxylic acids is 2. The van der Waals surface area contributed by atoms with Crippen LogP contribution in [-0.2, 0) is 19.1 Å². The first-order valence-corrected chi connectivity index (χ1v) is 10.1. The predicted molar refractivity (Wildman–Crippen MR) is 101 cm³/mol. The van der Waals surface area contributed by atoms with Crippen LogP contribution in [0.5, 0.6) is 0 Å². The maximum absolute atomic E-state index is 13.4. The van der Waals surface area contributed by atoms with Gasteiger partial charge >= 0.3 is 5.97 Å². The maximum Gasteiger partial charge on any atom is 0.303 e. The zero-order chi connectivity index (χ0) is 20.6. The second-order valence-electron chi connectivity index (χ2n) is 9.39. The largest absolute Gasteiger partial charge is 0.454 e. The van der Waals surface area contributed by atoms with E-state index >= 15 is 0 Å². The van der Waals surface area contributed by atoms with Crippen molar-refractivity contribution in [2.45, 2.75) is 77.8 Å². The van der Waals surface area contributed by atoms with Crippen molar-refractivity contribution in [3.63, 3.8) is 0 Å². The van der Waals surface area contributed by atoms with Gasteiger partial charge in [0.05, 0.1) is 24.2 Å². The average molecular weight is 390 g/mol. The van der Waals surface area contributed by atoms with Gasteiger partial charge in [0.15, 0.2) is 5.60 Å². The van der Waals surface area contributed by atoms with Gasteiger partial charge in [0.2, 0.25) is 0 Å². The van der Waals surface area contributed by atoms with Gasteiger partial charge in [-0.2, -0.15) is 0 Å². The van der Waals surface area contributed by atoms with E-state index in [1.165, 1.54) is 6.92 Å². The van der Waals surface area contributed by atoms with Crippen LogP contribution >= 0.6 is 0 Å². The van der Waals surface area contributed by atoms with Crippen LogP contribution in [0, 0.1) is 17.3 Å². The van der Waals surface area contributed by atoms with E-state index in [1.54, 1.807) is 0 Å². The van der Waals surface area contributed by atoms with Crippen molar-refractivity contribution < 1.29 is 29.3 Å². The minimum Gasteiger partial charge on any atom is -0.454 e. The van der Waals surface area contributed by atoms with Gasteiger partial charge in [0.25, 0.3) is 0 Å². The zero-order valence-corrected chi connectivity index (χ0v) is 17.2. The quantitative estimate of drug-likeness (QED) is 0.526. The number of aliphatic hydroxyl groups is 2. The topological polar surface area (TPSA) is 93.1 Å². The lowest BCUT2D eigenvalue weighted by Crippen LogP contribution is -2.77. The summed E-state index contributed by atoms with van der Waals surface area (Å²) in [6, 6.07) is 0. The van der Waals surface area contributed by atoms with Gasteiger partial charge in [-0.25, -0.2) is 0 Å². The molecule has 3 aliphatic carbocycles. The third-order valence-electron chi connectivity index (χ3n) is 7.79. The van der Waals surface area contributed by atoms with Gasteiger partial charge in [0, 0.05) is 31.6 Å². The second-order valence-corrected chi connectivity index (χ2v) is 9.39. The number of ketones is 1. The van der Waals surface area contributed by atoms with Crippen LogP contribution < -0.4 is 0 Å². The van der Waals surface area contributed by atoms with Crippen molar-refractivity contribution in [1.82, 2.24) is 0 Å². The number of carbonyl (C=O) groups is 2. The molecule has 1 saturated heterocycles. The van der Waals surface area contributed by atoms with Gasteiger partial charge in [-0.05, 0) is 39.7 Å². The normalized spacial score (nSPS) is 44.9. The molecule has 2 saturated carbocycles. The van der Waals surface area contributed by atoms with Crippen molar-refractivity contribution in [2.75, 3.05) is 6.61 Å². The minimum absolute atomic E-state index is 0.0466. The molecule has 7 atom stereocenters. The fraction of sp³-hybridized carbons (Fsp3) is 0.727. The van der Waals surface area contributed by atoms with Gasteiger partial charge in [-0.3, -0.25) is 9.59 Å². The molecule has 0 aromatic heterocycles. The molecule has 0 spiro atoms. The summed E-state index contributed by atoms with van der Waals surface area (Å²) < 4.78 is 11.6. The number of hydrogen-bond donors (Lipinski definition) is 2. The molecule has 1 heterocycles. The zero-order valence-electron chi connectivity index (χ0n) is 17.2. The van der Waals surface area contributed by atoms with Crippen LogP contribution in [0.3, 0.4) is 0 Å². The van der Waals surface area contributed by atoms with Gasteiger partial charge in [-0.15, -0.1) is 0 Å². The summed E-state index contributed by atoms with van der Waals surface area (Å²) in [5, 5.41) is 21.6. The molecule has 0 aromatic carbocycles. The number of Topliss-reactive ketones (excluding diaryl/α,β-unsaturated/α-hetero) is 1. The summed E-state index contributed by atoms with van der Waals surface area (Å²) in [4.78, 5) is 25.4. The standard InChI is InChI=1S/C22H30O6/c1-10(2)13-6-15(24)11(3)14-7-16(25)21(5)17(26)8-18-22(9-27-18,28-12(4)23)20(21)19(13)14/h15,17-20,24,26H,6-9H2,1-5H3/t15-,17-,18+,19+,20-,21+,22-/m0/s1. The molecule has 1 aliphatic heterocycles. The monoisotopic (exact) mass is 390 g/mol. The molecule has 4 aliphatic rings. The first-order chi connectivity index (χ1) is 13.0. The molecule has 0 amide bonds. The van der Waals surface area contributed by atoms with E-state index in [4.69, 9.17) is 9.47 Å². The van der Waals surface area contributed by atoms with E-state index in [2.05, 4.69) is 0 Å². The number of hydrogen-bond acceptors (Lipinski definition) is 6. The predicted octanol–water partition coefficient (Wildman–Crippen LogP) is 2.08. The fourth-order valence-electron chi connectivity index (χ4n) is 6.19. The van der Waals surface area contributed by atoms with E-state index in [-0.39, 0.29) is 31.1 Å². The number of allylic oxidation sites excluding steroid dienone is 2. The van der Waals surface area contributed by atoms with E-state index in [1.807, 2.05) is 27.7 Å². The van der Waals surface area contributed by atoms with Gasteiger partial charge in [0.1, 0.15) is 11.9 Å². The summed E-state index contributed by atoms with van der Waals surface area (Å²) in [7, 11) is 0. The summed E-state index contributed by atoms with van der Waals surface area (Å²) in [5.41, 5.74) is 2.00. The molecule has 3 fully saturated rings. The average Bonchev–Trinajstić information content (AvgIpc) is 2.60. The molecule has 6 nitrogen and oxygen atoms in total. The Hall–Kier alpha value is -1.50. The molecule has 0 bridgehead atoms. The van der Waals surface area contributed by atoms with Crippen LogP contribution in [-0.4, -0.2) is 52.5 Å². The summed E-state index contributed by atoms with van der Waals surface area (Å²) >= 11 is 0. The summed E-state index contributed by atoms with van der Waals surface area (Å²) in [6.07, 6.45) is -0.881. The lowest BCUT2D eigenvalue weighted by molar-refractivity contribution is -0.324. The number of ether oxygens (including phenoxy) is 2. The summed E-state index contributed by atoms with van der Waals surface area (Å²) in [5.74, 6) is -0.997. The molecule has 154 valence electrons. The van der Waals surface area contributed by atoms with Crippen LogP contribution in [0.2, 0.25) is 0 Å². The Morgan fingerprint density at radius 2 is 1.93 bits per heavy atom. The highest BCUT2D eigenvalue weighted by Crippen LogP contribution is 2.64. The third-order valence-corrected chi connectivity index (χ3v) is 7.79. The number of rotatable bonds is 1. The molecule has 2 N–H and O–H groups in total. The lowest BCUT2D eigenvalue weighted by Gasteiger charge is -2.66. The van der Waals surface area contributed by atoms with Crippen LogP contribution in [0.4, 0.5) is 0 Å². The molecule has 0 radical (unpaired) electrons. The summed E-state index contributed by atoms with van der Waals surface area (Å²) in [6.45, 7) is 9.35. The van der Waals surface area contributed by atoms with Crippen LogP contribution in [0.1, 0.15) is 53.9 Å². The van der Waals surface area contributed by atoms with Crippen molar-refractivity contribution in [1.29, 1.82) is 0 Å². The Kier molecular flexibility index (Phi) is 4.42. The maximum atomic E-state index is 13.4. The van der Waals surface area contributed by atoms with E-state index < -0.39 is 41.2 Å². The lowest BCUT2D eigenvalue weighted by atomic mass is 9.44. The van der Waals surface area contributed by atoms with Crippen molar-refractivity contribution in [2.24, 2.45) is 17.3 Å². The van der Waals surface area contributed by atoms with Crippen LogP contribution in [0.15, 0.2) is 22.3 Å². The molecular weight excluding hydrogens is 360 g/mol. The second kappa shape index (κ2) is 6.25. The Morgan fingerprint density at radius 1 is 1.25 bits per heavy atom. The molecule has 6 heteroatoms. The first-order valence-electron chi connectivity index (χ1n) is 10.1. The van der Waals surface area contributed by atoms with Gasteiger partial charge < -0.3 is 19.7 Å². The number of fused-ring (bicyclic) bond motifs is 5. The molecule has 0 unspecified atom stereocenters. The van der Waals surface area contributed by atoms with Crippen molar-refractivity contribution in [3.05, 3.63) is 22.3 Å². The molecular formula is C22H30O6. The number of aliphatic hydroxyl groups excluding tert-OH is 2. The number of esters is 1. The highest BCUT2D eigenvalue weighted by atomic mass is 16.6. The smallest absolute Gasteiger partial charge is 0.303 e.